The fourth-order valence-corrected chi connectivity index (χ4v) is 3.67. The molecule has 0 unspecified atom stereocenters. The molecule has 0 radical (unpaired) electrons. The second-order valence-corrected chi connectivity index (χ2v) is 8.17. The summed E-state index contributed by atoms with van der Waals surface area (Å²) in [7, 11) is 1.89. The first-order valence-corrected chi connectivity index (χ1v) is 10.4. The van der Waals surface area contributed by atoms with Crippen LogP contribution in [0.15, 0.2) is 47.6 Å². The van der Waals surface area contributed by atoms with Crippen molar-refractivity contribution in [3.05, 3.63) is 64.2 Å². The van der Waals surface area contributed by atoms with Gasteiger partial charge in [0.15, 0.2) is 11.0 Å². The molecule has 2 aromatic carbocycles. The Morgan fingerprint density at radius 2 is 1.86 bits per heavy atom. The Morgan fingerprint density at radius 3 is 2.54 bits per heavy atom. The third kappa shape index (κ3) is 4.75. The molecular formula is C21H23ClN4OS. The summed E-state index contributed by atoms with van der Waals surface area (Å²) in [5.74, 6) is 0.983. The smallest absolute Gasteiger partial charge is 0.230 e. The highest BCUT2D eigenvalue weighted by molar-refractivity contribution is 7.99. The highest BCUT2D eigenvalue weighted by Gasteiger charge is 2.15. The summed E-state index contributed by atoms with van der Waals surface area (Å²) in [5, 5.41) is 12.9. The molecule has 0 aliphatic rings. The molecule has 0 fully saturated rings. The Kier molecular flexibility index (Phi) is 6.42. The van der Waals surface area contributed by atoms with Crippen molar-refractivity contribution in [1.82, 2.24) is 20.1 Å². The first-order valence-electron chi connectivity index (χ1n) is 9.00. The standard InChI is InChI=1S/C21H23ClN4OS/c1-13-5-6-17(11-14(13)2)15(3)23-19(27)12-28-21-25-24-20(26(21)4)16-7-9-18(22)10-8-16/h5-11,15H,12H2,1-4H3,(H,23,27)/t15-/m1/s1. The van der Waals surface area contributed by atoms with Crippen molar-refractivity contribution in [3.8, 4) is 11.4 Å². The van der Waals surface area contributed by atoms with Crippen LogP contribution in [0, 0.1) is 13.8 Å². The summed E-state index contributed by atoms with van der Waals surface area (Å²) < 4.78 is 1.88. The van der Waals surface area contributed by atoms with Crippen molar-refractivity contribution in [3.63, 3.8) is 0 Å². The van der Waals surface area contributed by atoms with Gasteiger partial charge in [-0.1, -0.05) is 41.6 Å². The number of rotatable bonds is 6. The first-order chi connectivity index (χ1) is 13.3. The normalized spacial score (nSPS) is 12.0. The van der Waals surface area contributed by atoms with Crippen LogP contribution in [0.25, 0.3) is 11.4 Å². The molecule has 0 saturated carbocycles. The summed E-state index contributed by atoms with van der Waals surface area (Å²) in [6.45, 7) is 6.15. The summed E-state index contributed by atoms with van der Waals surface area (Å²) in [5.41, 5.74) is 4.50. The van der Waals surface area contributed by atoms with Crippen molar-refractivity contribution in [1.29, 1.82) is 0 Å². The number of thioether (sulfide) groups is 1. The Balaban J connectivity index is 1.60. The van der Waals surface area contributed by atoms with E-state index in [1.165, 1.54) is 22.9 Å². The van der Waals surface area contributed by atoms with E-state index in [-0.39, 0.29) is 17.7 Å². The predicted molar refractivity (Wildman–Crippen MR) is 115 cm³/mol. The summed E-state index contributed by atoms with van der Waals surface area (Å²) in [6.07, 6.45) is 0. The van der Waals surface area contributed by atoms with Gasteiger partial charge >= 0.3 is 0 Å². The maximum atomic E-state index is 12.4. The quantitative estimate of drug-likeness (QED) is 0.593. The number of hydrogen-bond acceptors (Lipinski definition) is 4. The molecular weight excluding hydrogens is 392 g/mol. The summed E-state index contributed by atoms with van der Waals surface area (Å²) >= 11 is 7.31. The maximum Gasteiger partial charge on any atom is 0.230 e. The van der Waals surface area contributed by atoms with Crippen LogP contribution in [0.4, 0.5) is 0 Å². The molecule has 3 rings (SSSR count). The van der Waals surface area contributed by atoms with Crippen LogP contribution in [0.2, 0.25) is 5.02 Å². The van der Waals surface area contributed by atoms with Crippen molar-refractivity contribution >= 4 is 29.3 Å². The molecule has 1 atom stereocenters. The van der Waals surface area contributed by atoms with Crippen LogP contribution in [0.1, 0.15) is 29.7 Å². The molecule has 0 saturated heterocycles. The molecule has 1 amide bonds. The lowest BCUT2D eigenvalue weighted by Crippen LogP contribution is -2.28. The van der Waals surface area contributed by atoms with Crippen LogP contribution in [0.3, 0.4) is 0 Å². The molecule has 5 nitrogen and oxygen atoms in total. The van der Waals surface area contributed by atoms with Gasteiger partial charge in [0, 0.05) is 17.6 Å². The molecule has 3 aromatic rings. The second kappa shape index (κ2) is 8.80. The van der Waals surface area contributed by atoms with E-state index in [0.29, 0.717) is 10.2 Å². The number of benzene rings is 2. The fourth-order valence-electron chi connectivity index (χ4n) is 2.82. The van der Waals surface area contributed by atoms with Gasteiger partial charge < -0.3 is 9.88 Å². The van der Waals surface area contributed by atoms with E-state index in [9.17, 15) is 4.79 Å². The van der Waals surface area contributed by atoms with Crippen LogP contribution in [-0.4, -0.2) is 26.4 Å². The lowest BCUT2D eigenvalue weighted by atomic mass is 10.0. The van der Waals surface area contributed by atoms with Gasteiger partial charge in [0.05, 0.1) is 11.8 Å². The molecule has 0 aliphatic carbocycles. The number of carbonyl (C=O) groups excluding carboxylic acids is 1. The number of carbonyl (C=O) groups is 1. The number of hydrogen-bond donors (Lipinski definition) is 1. The third-order valence-electron chi connectivity index (χ3n) is 4.68. The van der Waals surface area contributed by atoms with Crippen molar-refractivity contribution < 1.29 is 4.79 Å². The minimum atomic E-state index is -0.0449. The van der Waals surface area contributed by atoms with Gasteiger partial charge in [-0.15, -0.1) is 10.2 Å². The average Bonchev–Trinajstić information content (AvgIpc) is 3.03. The number of aromatic nitrogens is 3. The summed E-state index contributed by atoms with van der Waals surface area (Å²) in [4.78, 5) is 12.4. The highest BCUT2D eigenvalue weighted by Crippen LogP contribution is 2.24. The number of halogens is 1. The Labute approximate surface area is 174 Å². The number of nitrogens with one attached hydrogen (secondary N) is 1. The molecule has 0 spiro atoms. The zero-order chi connectivity index (χ0) is 20.3. The Hall–Kier alpha value is -2.31. The molecule has 1 heterocycles. The minimum absolute atomic E-state index is 0.0354. The van der Waals surface area contributed by atoms with Crippen LogP contribution in [0.5, 0.6) is 0 Å². The van der Waals surface area contributed by atoms with Crippen molar-refractivity contribution in [2.75, 3.05) is 5.75 Å². The van der Waals surface area contributed by atoms with E-state index >= 15 is 0 Å². The second-order valence-electron chi connectivity index (χ2n) is 6.79. The largest absolute Gasteiger partial charge is 0.349 e. The monoisotopic (exact) mass is 414 g/mol. The Bertz CT molecular complexity index is 985. The summed E-state index contributed by atoms with van der Waals surface area (Å²) in [6, 6.07) is 13.7. The topological polar surface area (TPSA) is 59.8 Å². The fraction of sp³-hybridized carbons (Fsp3) is 0.286. The first kappa shape index (κ1) is 20.4. The van der Waals surface area contributed by atoms with Gasteiger partial charge in [-0.3, -0.25) is 4.79 Å². The van der Waals surface area contributed by atoms with Crippen molar-refractivity contribution in [2.24, 2.45) is 7.05 Å². The molecule has 7 heteroatoms. The molecule has 0 bridgehead atoms. The van der Waals surface area contributed by atoms with Gasteiger partial charge in [-0.2, -0.15) is 0 Å². The van der Waals surface area contributed by atoms with Crippen molar-refractivity contribution in [2.45, 2.75) is 32.0 Å². The van der Waals surface area contributed by atoms with E-state index in [1.54, 1.807) is 0 Å². The minimum Gasteiger partial charge on any atom is -0.349 e. The lowest BCUT2D eigenvalue weighted by Gasteiger charge is -2.15. The third-order valence-corrected chi connectivity index (χ3v) is 5.95. The zero-order valence-corrected chi connectivity index (χ0v) is 17.9. The molecule has 1 N–H and O–H groups in total. The SMILES string of the molecule is Cc1ccc([C@@H](C)NC(=O)CSc2nnc(-c3ccc(Cl)cc3)n2C)cc1C. The Morgan fingerprint density at radius 1 is 1.14 bits per heavy atom. The van der Waals surface area contributed by atoms with E-state index in [0.717, 1.165) is 17.0 Å². The molecule has 146 valence electrons. The van der Waals surface area contributed by atoms with E-state index < -0.39 is 0 Å². The van der Waals surface area contributed by atoms with E-state index in [2.05, 4.69) is 47.6 Å². The average molecular weight is 415 g/mol. The molecule has 1 aromatic heterocycles. The number of aryl methyl sites for hydroxylation is 2. The van der Waals surface area contributed by atoms with E-state index in [1.807, 2.05) is 42.8 Å². The predicted octanol–water partition coefficient (Wildman–Crippen LogP) is 4.72. The number of amides is 1. The van der Waals surface area contributed by atoms with Gasteiger partial charge in [0.2, 0.25) is 5.91 Å². The zero-order valence-electron chi connectivity index (χ0n) is 16.4. The van der Waals surface area contributed by atoms with Gasteiger partial charge in [0.1, 0.15) is 0 Å². The highest BCUT2D eigenvalue weighted by atomic mass is 35.5. The van der Waals surface area contributed by atoms with E-state index in [4.69, 9.17) is 11.6 Å². The van der Waals surface area contributed by atoms with Gasteiger partial charge in [0.25, 0.3) is 0 Å². The molecule has 28 heavy (non-hydrogen) atoms. The lowest BCUT2D eigenvalue weighted by molar-refractivity contribution is -0.119. The van der Waals surface area contributed by atoms with Gasteiger partial charge in [-0.05, 0) is 61.7 Å². The van der Waals surface area contributed by atoms with Crippen LogP contribution < -0.4 is 5.32 Å². The van der Waals surface area contributed by atoms with Crippen LogP contribution in [-0.2, 0) is 11.8 Å². The number of nitrogens with zero attached hydrogens (tertiary/aromatic N) is 3. The van der Waals surface area contributed by atoms with Gasteiger partial charge in [-0.25, -0.2) is 0 Å². The van der Waals surface area contributed by atoms with Crippen LogP contribution >= 0.6 is 23.4 Å². The molecule has 0 aliphatic heterocycles. The maximum absolute atomic E-state index is 12.4.